The van der Waals surface area contributed by atoms with E-state index in [9.17, 15) is 9.59 Å². The molecule has 0 aliphatic rings. The van der Waals surface area contributed by atoms with Gasteiger partial charge in [-0.05, 0) is 43.0 Å². The Hall–Kier alpha value is -1.99. The van der Waals surface area contributed by atoms with E-state index in [1.165, 1.54) is 0 Å². The molecule has 0 fully saturated rings. The first kappa shape index (κ1) is 20.3. The van der Waals surface area contributed by atoms with Crippen LogP contribution in [0.25, 0.3) is 0 Å². The van der Waals surface area contributed by atoms with Crippen molar-refractivity contribution in [2.24, 2.45) is 0 Å². The topological polar surface area (TPSA) is 76.0 Å². The van der Waals surface area contributed by atoms with Crippen LogP contribution in [0.4, 0.5) is 0 Å². The van der Waals surface area contributed by atoms with Crippen LogP contribution >= 0.6 is 23.4 Å². The molecule has 2 N–H and O–H groups in total. The number of thioether (sulfide) groups is 1. The Kier molecular flexibility index (Phi) is 8.50. The maximum atomic E-state index is 12.5. The van der Waals surface area contributed by atoms with Gasteiger partial charge in [0.25, 0.3) is 5.91 Å². The van der Waals surface area contributed by atoms with Crippen molar-refractivity contribution in [3.05, 3.63) is 53.3 Å². The van der Waals surface area contributed by atoms with Crippen LogP contribution in [0.3, 0.4) is 0 Å². The van der Waals surface area contributed by atoms with Crippen molar-refractivity contribution < 1.29 is 9.59 Å². The van der Waals surface area contributed by atoms with Gasteiger partial charge in [0.2, 0.25) is 5.91 Å². The van der Waals surface area contributed by atoms with E-state index >= 15 is 0 Å². The van der Waals surface area contributed by atoms with E-state index in [-0.39, 0.29) is 11.8 Å². The lowest BCUT2D eigenvalue weighted by Gasteiger charge is -2.18. The maximum Gasteiger partial charge on any atom is 0.253 e. The number of benzene rings is 1. The molecule has 26 heavy (non-hydrogen) atoms. The second-order valence-electron chi connectivity index (χ2n) is 5.70. The standard InChI is InChI=1S/C18H23ClN4O2S/c1-26-13-8-16(22-17(24)14-6-2-3-7-15(14)19)18(25)20-9-4-11-23-12-5-10-21-23/h2-3,5-7,10,12,16H,4,8-9,11,13H2,1H3,(H,20,25)(H,22,24). The van der Waals surface area contributed by atoms with Crippen LogP contribution in [0, 0.1) is 0 Å². The number of hydrogen-bond acceptors (Lipinski definition) is 4. The molecule has 0 radical (unpaired) electrons. The van der Waals surface area contributed by atoms with Crippen LogP contribution in [-0.4, -0.2) is 46.2 Å². The third kappa shape index (κ3) is 6.38. The predicted octanol–water partition coefficient (Wildman–Crippen LogP) is 2.59. The molecule has 1 heterocycles. The largest absolute Gasteiger partial charge is 0.354 e. The smallest absolute Gasteiger partial charge is 0.253 e. The summed E-state index contributed by atoms with van der Waals surface area (Å²) in [6.07, 6.45) is 6.90. The minimum absolute atomic E-state index is 0.181. The van der Waals surface area contributed by atoms with Crippen molar-refractivity contribution in [1.82, 2.24) is 20.4 Å². The molecule has 0 saturated heterocycles. The number of halogens is 1. The number of rotatable bonds is 10. The van der Waals surface area contributed by atoms with Gasteiger partial charge in [0.05, 0.1) is 10.6 Å². The second-order valence-corrected chi connectivity index (χ2v) is 7.09. The number of carbonyl (C=O) groups excluding carboxylic acids is 2. The molecule has 1 aromatic carbocycles. The number of hydrogen-bond donors (Lipinski definition) is 2. The molecule has 140 valence electrons. The quantitative estimate of drug-likeness (QED) is 0.607. The number of nitrogens with zero attached hydrogens (tertiary/aromatic N) is 2. The molecule has 8 heteroatoms. The Morgan fingerprint density at radius 2 is 2.12 bits per heavy atom. The van der Waals surface area contributed by atoms with E-state index in [4.69, 9.17) is 11.6 Å². The Labute approximate surface area is 162 Å². The van der Waals surface area contributed by atoms with Crippen LogP contribution in [0.15, 0.2) is 42.7 Å². The molecule has 1 atom stereocenters. The summed E-state index contributed by atoms with van der Waals surface area (Å²) in [4.78, 5) is 24.9. The molecule has 1 aromatic heterocycles. The van der Waals surface area contributed by atoms with E-state index < -0.39 is 6.04 Å². The van der Waals surface area contributed by atoms with Gasteiger partial charge in [-0.25, -0.2) is 0 Å². The summed E-state index contributed by atoms with van der Waals surface area (Å²) in [5, 5.41) is 10.2. The molecule has 2 rings (SSSR count). The third-order valence-electron chi connectivity index (χ3n) is 3.77. The van der Waals surface area contributed by atoms with Crippen molar-refractivity contribution >= 4 is 35.2 Å². The van der Waals surface area contributed by atoms with Gasteiger partial charge in [0.15, 0.2) is 0 Å². The number of amides is 2. The van der Waals surface area contributed by atoms with E-state index in [1.807, 2.05) is 23.2 Å². The number of carbonyl (C=O) groups is 2. The highest BCUT2D eigenvalue weighted by Gasteiger charge is 2.21. The monoisotopic (exact) mass is 394 g/mol. The normalized spacial score (nSPS) is 11.8. The Morgan fingerprint density at radius 3 is 2.81 bits per heavy atom. The molecule has 0 bridgehead atoms. The van der Waals surface area contributed by atoms with Crippen molar-refractivity contribution in [1.29, 1.82) is 0 Å². The van der Waals surface area contributed by atoms with Crippen molar-refractivity contribution in [3.8, 4) is 0 Å². The number of aryl methyl sites for hydroxylation is 1. The lowest BCUT2D eigenvalue weighted by Crippen LogP contribution is -2.47. The lowest BCUT2D eigenvalue weighted by molar-refractivity contribution is -0.123. The minimum Gasteiger partial charge on any atom is -0.354 e. The van der Waals surface area contributed by atoms with Crippen LogP contribution < -0.4 is 10.6 Å². The van der Waals surface area contributed by atoms with E-state index in [1.54, 1.807) is 42.2 Å². The Balaban J connectivity index is 1.87. The fourth-order valence-corrected chi connectivity index (χ4v) is 3.09. The SMILES string of the molecule is CSCCC(NC(=O)c1ccccc1Cl)C(=O)NCCCn1cccn1. The van der Waals surface area contributed by atoms with Gasteiger partial charge >= 0.3 is 0 Å². The highest BCUT2D eigenvalue weighted by Crippen LogP contribution is 2.15. The molecule has 0 aliphatic carbocycles. The zero-order valence-corrected chi connectivity index (χ0v) is 16.2. The fourth-order valence-electron chi connectivity index (χ4n) is 2.39. The molecule has 0 aliphatic heterocycles. The second kappa shape index (κ2) is 10.9. The molecule has 1 unspecified atom stereocenters. The molecule has 6 nitrogen and oxygen atoms in total. The van der Waals surface area contributed by atoms with Gasteiger partial charge in [-0.15, -0.1) is 0 Å². The maximum absolute atomic E-state index is 12.5. The van der Waals surface area contributed by atoms with Gasteiger partial charge in [-0.3, -0.25) is 14.3 Å². The van der Waals surface area contributed by atoms with Crippen LogP contribution in [0.1, 0.15) is 23.2 Å². The molecule has 0 spiro atoms. The summed E-state index contributed by atoms with van der Waals surface area (Å²) in [6, 6.07) is 8.08. The highest BCUT2D eigenvalue weighted by molar-refractivity contribution is 7.98. The van der Waals surface area contributed by atoms with Crippen LogP contribution in [0.2, 0.25) is 5.02 Å². The first-order valence-corrected chi connectivity index (χ1v) is 10.2. The zero-order chi connectivity index (χ0) is 18.8. The molecule has 2 aromatic rings. The van der Waals surface area contributed by atoms with Crippen LogP contribution in [0.5, 0.6) is 0 Å². The Bertz CT molecular complexity index is 709. The summed E-state index contributed by atoms with van der Waals surface area (Å²) in [6.45, 7) is 1.26. The summed E-state index contributed by atoms with van der Waals surface area (Å²) in [5.41, 5.74) is 0.370. The van der Waals surface area contributed by atoms with Gasteiger partial charge in [-0.1, -0.05) is 23.7 Å². The molecule has 0 saturated carbocycles. The van der Waals surface area contributed by atoms with Crippen molar-refractivity contribution in [3.63, 3.8) is 0 Å². The first-order valence-electron chi connectivity index (χ1n) is 8.41. The average molecular weight is 395 g/mol. The van der Waals surface area contributed by atoms with Gasteiger partial charge in [-0.2, -0.15) is 16.9 Å². The molecular weight excluding hydrogens is 372 g/mol. The van der Waals surface area contributed by atoms with Gasteiger partial charge in [0.1, 0.15) is 6.04 Å². The highest BCUT2D eigenvalue weighted by atomic mass is 35.5. The van der Waals surface area contributed by atoms with Crippen molar-refractivity contribution in [2.45, 2.75) is 25.4 Å². The first-order chi connectivity index (χ1) is 12.6. The zero-order valence-electron chi connectivity index (χ0n) is 14.7. The van der Waals surface area contributed by atoms with Gasteiger partial charge < -0.3 is 10.6 Å². The summed E-state index contributed by atoms with van der Waals surface area (Å²) in [7, 11) is 0. The third-order valence-corrected chi connectivity index (χ3v) is 4.75. The van der Waals surface area contributed by atoms with E-state index in [0.29, 0.717) is 23.6 Å². The van der Waals surface area contributed by atoms with E-state index in [2.05, 4.69) is 15.7 Å². The molecular formula is C18H23ClN4O2S. The summed E-state index contributed by atoms with van der Waals surface area (Å²) >= 11 is 7.70. The van der Waals surface area contributed by atoms with Crippen LogP contribution in [-0.2, 0) is 11.3 Å². The average Bonchev–Trinajstić information content (AvgIpc) is 3.15. The fraction of sp³-hybridized carbons (Fsp3) is 0.389. The lowest BCUT2D eigenvalue weighted by atomic mass is 10.1. The van der Waals surface area contributed by atoms with Crippen molar-refractivity contribution in [2.75, 3.05) is 18.6 Å². The summed E-state index contributed by atoms with van der Waals surface area (Å²) < 4.78 is 1.82. The van der Waals surface area contributed by atoms with Gasteiger partial charge in [0, 0.05) is 25.5 Å². The number of nitrogens with one attached hydrogen (secondary N) is 2. The summed E-state index contributed by atoms with van der Waals surface area (Å²) in [5.74, 6) is 0.252. The Morgan fingerprint density at radius 1 is 1.31 bits per heavy atom. The minimum atomic E-state index is -0.587. The number of aromatic nitrogens is 2. The predicted molar refractivity (Wildman–Crippen MR) is 106 cm³/mol. The molecule has 2 amide bonds. The van der Waals surface area contributed by atoms with E-state index in [0.717, 1.165) is 18.7 Å².